The van der Waals surface area contributed by atoms with Crippen LogP contribution in [-0.2, 0) is 21.3 Å². The van der Waals surface area contributed by atoms with E-state index < -0.39 is 26.9 Å². The molecular weight excluding hydrogens is 264 g/mol. The maximum atomic E-state index is 13.3. The van der Waals surface area contributed by atoms with Gasteiger partial charge in [0, 0.05) is 19.2 Å². The number of nitrogens with one attached hydrogen (secondary N) is 1. The number of rotatable bonds is 6. The summed E-state index contributed by atoms with van der Waals surface area (Å²) in [6.07, 6.45) is 0. The van der Waals surface area contributed by atoms with Gasteiger partial charge in [-0.1, -0.05) is 0 Å². The van der Waals surface area contributed by atoms with Crippen LogP contribution < -0.4 is 4.72 Å². The van der Waals surface area contributed by atoms with Crippen LogP contribution in [-0.4, -0.2) is 27.4 Å². The van der Waals surface area contributed by atoms with Gasteiger partial charge in [0.1, 0.15) is 11.6 Å². The fraction of sp³-hybridized carbons (Fsp3) is 0.455. The van der Waals surface area contributed by atoms with Gasteiger partial charge in [-0.25, -0.2) is 21.9 Å². The largest absolute Gasteiger partial charge is 0.383 e. The SMILES string of the molecule is COCC(C)S(=O)(=O)NCc1cc(F)ccc1F. The quantitative estimate of drug-likeness (QED) is 0.857. The van der Waals surface area contributed by atoms with Gasteiger partial charge >= 0.3 is 0 Å². The highest BCUT2D eigenvalue weighted by Gasteiger charge is 2.20. The van der Waals surface area contributed by atoms with Gasteiger partial charge in [0.2, 0.25) is 10.0 Å². The Kier molecular flexibility index (Phi) is 5.18. The van der Waals surface area contributed by atoms with Gasteiger partial charge in [0.25, 0.3) is 0 Å². The monoisotopic (exact) mass is 279 g/mol. The van der Waals surface area contributed by atoms with E-state index in [-0.39, 0.29) is 18.7 Å². The smallest absolute Gasteiger partial charge is 0.216 e. The summed E-state index contributed by atoms with van der Waals surface area (Å²) in [4.78, 5) is 0. The third-order valence-corrected chi connectivity index (χ3v) is 4.14. The van der Waals surface area contributed by atoms with Crippen LogP contribution in [0.5, 0.6) is 0 Å². The van der Waals surface area contributed by atoms with Gasteiger partial charge in [-0.05, 0) is 25.1 Å². The van der Waals surface area contributed by atoms with Crippen molar-refractivity contribution in [3.05, 3.63) is 35.4 Å². The average molecular weight is 279 g/mol. The highest BCUT2D eigenvalue weighted by atomic mass is 32.2. The van der Waals surface area contributed by atoms with Crippen molar-refractivity contribution < 1.29 is 21.9 Å². The van der Waals surface area contributed by atoms with Crippen molar-refractivity contribution in [1.29, 1.82) is 0 Å². The van der Waals surface area contributed by atoms with Crippen LogP contribution in [0.15, 0.2) is 18.2 Å². The Hall–Kier alpha value is -1.05. The number of hydrogen-bond acceptors (Lipinski definition) is 3. The molecule has 1 N–H and O–H groups in total. The predicted octanol–water partition coefficient (Wildman–Crippen LogP) is 1.42. The molecule has 0 bridgehead atoms. The van der Waals surface area contributed by atoms with Crippen molar-refractivity contribution in [3.63, 3.8) is 0 Å². The highest BCUT2D eigenvalue weighted by molar-refractivity contribution is 7.90. The van der Waals surface area contributed by atoms with Gasteiger partial charge in [-0.15, -0.1) is 0 Å². The molecule has 1 aromatic carbocycles. The lowest BCUT2D eigenvalue weighted by Gasteiger charge is -2.13. The van der Waals surface area contributed by atoms with Crippen LogP contribution >= 0.6 is 0 Å². The van der Waals surface area contributed by atoms with E-state index >= 15 is 0 Å². The van der Waals surface area contributed by atoms with Gasteiger partial charge in [0.15, 0.2) is 0 Å². The third-order valence-electron chi connectivity index (χ3n) is 2.40. The zero-order chi connectivity index (χ0) is 13.8. The Bertz CT molecular complexity index is 505. The van der Waals surface area contributed by atoms with Gasteiger partial charge in [-0.2, -0.15) is 0 Å². The standard InChI is InChI=1S/C11H15F2NO3S/c1-8(7-17-2)18(15,16)14-6-9-5-10(12)3-4-11(9)13/h3-5,8,14H,6-7H2,1-2H3. The van der Waals surface area contributed by atoms with E-state index in [0.29, 0.717) is 0 Å². The second-order valence-corrected chi connectivity index (χ2v) is 6.05. The van der Waals surface area contributed by atoms with Crippen molar-refractivity contribution in [2.45, 2.75) is 18.7 Å². The first-order valence-electron chi connectivity index (χ1n) is 5.28. The molecule has 1 rings (SSSR count). The van der Waals surface area contributed by atoms with Crippen molar-refractivity contribution in [2.75, 3.05) is 13.7 Å². The molecule has 0 aliphatic carbocycles. The lowest BCUT2D eigenvalue weighted by Crippen LogP contribution is -2.34. The number of benzene rings is 1. The molecular formula is C11H15F2NO3S. The van der Waals surface area contributed by atoms with Gasteiger partial charge < -0.3 is 4.74 Å². The van der Waals surface area contributed by atoms with Crippen molar-refractivity contribution in [2.24, 2.45) is 0 Å². The maximum absolute atomic E-state index is 13.3. The minimum Gasteiger partial charge on any atom is -0.383 e. The third kappa shape index (κ3) is 4.01. The van der Waals surface area contributed by atoms with E-state index in [1.807, 2.05) is 0 Å². The highest BCUT2D eigenvalue weighted by Crippen LogP contribution is 2.10. The van der Waals surface area contributed by atoms with Crippen LogP contribution in [0.1, 0.15) is 12.5 Å². The second-order valence-electron chi connectivity index (χ2n) is 3.87. The molecule has 0 aromatic heterocycles. The molecule has 0 aliphatic heterocycles. The molecule has 0 saturated carbocycles. The van der Waals surface area contributed by atoms with Crippen LogP contribution in [0, 0.1) is 11.6 Å². The molecule has 0 fully saturated rings. The Balaban J connectivity index is 2.73. The van der Waals surface area contributed by atoms with E-state index in [1.165, 1.54) is 14.0 Å². The van der Waals surface area contributed by atoms with Crippen LogP contribution in [0.3, 0.4) is 0 Å². The Labute approximate surface area is 105 Å². The van der Waals surface area contributed by atoms with Crippen molar-refractivity contribution >= 4 is 10.0 Å². The average Bonchev–Trinajstić information content (AvgIpc) is 2.31. The first-order chi connectivity index (χ1) is 8.36. The molecule has 4 nitrogen and oxygen atoms in total. The minimum absolute atomic E-state index is 0.0287. The fourth-order valence-electron chi connectivity index (χ4n) is 1.32. The number of sulfonamides is 1. The van der Waals surface area contributed by atoms with E-state index in [9.17, 15) is 17.2 Å². The summed E-state index contributed by atoms with van der Waals surface area (Å²) in [5, 5.41) is -0.765. The fourth-order valence-corrected chi connectivity index (χ4v) is 2.28. The number of ether oxygens (including phenoxy) is 1. The summed E-state index contributed by atoms with van der Waals surface area (Å²) in [5.74, 6) is -1.27. The molecule has 0 heterocycles. The first kappa shape index (κ1) is 15.0. The molecule has 7 heteroatoms. The number of halogens is 2. The Morgan fingerprint density at radius 1 is 1.39 bits per heavy atom. The Morgan fingerprint density at radius 3 is 2.67 bits per heavy atom. The minimum atomic E-state index is -3.61. The summed E-state index contributed by atoms with van der Waals surface area (Å²) >= 11 is 0. The lowest BCUT2D eigenvalue weighted by molar-refractivity contribution is 0.200. The van der Waals surface area contributed by atoms with Crippen LogP contribution in [0.25, 0.3) is 0 Å². The second kappa shape index (κ2) is 6.21. The van der Waals surface area contributed by atoms with Crippen LogP contribution in [0.2, 0.25) is 0 Å². The lowest BCUT2D eigenvalue weighted by atomic mass is 10.2. The summed E-state index contributed by atoms with van der Waals surface area (Å²) < 4.78 is 56.5. The van der Waals surface area contributed by atoms with Gasteiger partial charge in [0.05, 0.1) is 11.9 Å². The topological polar surface area (TPSA) is 55.4 Å². The molecule has 0 spiro atoms. The number of hydrogen-bond donors (Lipinski definition) is 1. The molecule has 0 radical (unpaired) electrons. The molecule has 1 unspecified atom stereocenters. The maximum Gasteiger partial charge on any atom is 0.216 e. The zero-order valence-electron chi connectivity index (χ0n) is 10.1. The van der Waals surface area contributed by atoms with Crippen molar-refractivity contribution in [1.82, 2.24) is 4.72 Å². The zero-order valence-corrected chi connectivity index (χ0v) is 10.9. The molecule has 18 heavy (non-hydrogen) atoms. The normalized spacial score (nSPS) is 13.6. The summed E-state index contributed by atoms with van der Waals surface area (Å²) in [7, 11) is -2.23. The van der Waals surface area contributed by atoms with Gasteiger partial charge in [-0.3, -0.25) is 0 Å². The molecule has 0 saturated heterocycles. The van der Waals surface area contributed by atoms with E-state index in [1.54, 1.807) is 0 Å². The van der Waals surface area contributed by atoms with Crippen LogP contribution in [0.4, 0.5) is 8.78 Å². The van der Waals surface area contributed by atoms with E-state index in [0.717, 1.165) is 18.2 Å². The predicted molar refractivity (Wildman–Crippen MR) is 63.5 cm³/mol. The van der Waals surface area contributed by atoms with E-state index in [4.69, 9.17) is 4.74 Å². The molecule has 1 aromatic rings. The summed E-state index contributed by atoms with van der Waals surface area (Å²) in [6, 6.07) is 2.89. The summed E-state index contributed by atoms with van der Waals surface area (Å²) in [5.41, 5.74) is -0.0387. The molecule has 0 aliphatic rings. The number of methoxy groups -OCH3 is 1. The first-order valence-corrected chi connectivity index (χ1v) is 6.83. The molecule has 0 amide bonds. The molecule has 102 valence electrons. The molecule has 1 atom stereocenters. The van der Waals surface area contributed by atoms with Crippen molar-refractivity contribution in [3.8, 4) is 0 Å². The Morgan fingerprint density at radius 2 is 2.06 bits per heavy atom. The summed E-state index contributed by atoms with van der Waals surface area (Å²) in [6.45, 7) is 1.20. The van der Waals surface area contributed by atoms with E-state index in [2.05, 4.69) is 4.72 Å².